The number of rotatable bonds is 4. The number of hydrogen-bond acceptors (Lipinski definition) is 2. The van der Waals surface area contributed by atoms with E-state index >= 15 is 0 Å². The maximum Gasteiger partial charge on any atom is 0.319 e. The van der Waals surface area contributed by atoms with Crippen molar-refractivity contribution in [1.82, 2.24) is 5.32 Å². The van der Waals surface area contributed by atoms with Crippen LogP contribution in [0, 0.1) is 5.41 Å². The van der Waals surface area contributed by atoms with Crippen LogP contribution in [0.3, 0.4) is 0 Å². The van der Waals surface area contributed by atoms with E-state index in [4.69, 9.17) is 5.11 Å². The van der Waals surface area contributed by atoms with Crippen LogP contribution in [0.25, 0.3) is 0 Å². The molecule has 0 saturated heterocycles. The van der Waals surface area contributed by atoms with Gasteiger partial charge in [-0.25, -0.2) is 4.79 Å². The standard InChI is InChI=1S/C14H22N2O2/c1-14(2,3)12(9-10-17)16-13(18)15-11-7-5-4-6-8-11/h4-8,12,17H,9-10H2,1-3H3,(H2,15,16,18)/t12-/m1/s1. The number of nitrogens with one attached hydrogen (secondary N) is 2. The first kappa shape index (κ1) is 14.5. The molecular formula is C14H22N2O2. The highest BCUT2D eigenvalue weighted by molar-refractivity contribution is 5.89. The molecule has 0 aromatic heterocycles. The predicted molar refractivity (Wildman–Crippen MR) is 73.5 cm³/mol. The van der Waals surface area contributed by atoms with Crippen LogP contribution in [0.4, 0.5) is 10.5 Å². The summed E-state index contributed by atoms with van der Waals surface area (Å²) in [7, 11) is 0. The number of para-hydroxylation sites is 1. The molecule has 18 heavy (non-hydrogen) atoms. The lowest BCUT2D eigenvalue weighted by Gasteiger charge is -2.31. The molecule has 0 aliphatic heterocycles. The second kappa shape index (κ2) is 6.40. The van der Waals surface area contributed by atoms with Gasteiger partial charge < -0.3 is 15.7 Å². The maximum atomic E-state index is 11.8. The Balaban J connectivity index is 2.57. The average Bonchev–Trinajstić information content (AvgIpc) is 2.28. The molecule has 2 amide bonds. The number of carbonyl (C=O) groups excluding carboxylic acids is 1. The van der Waals surface area contributed by atoms with Crippen LogP contribution in [0.15, 0.2) is 30.3 Å². The van der Waals surface area contributed by atoms with Gasteiger partial charge in [-0.3, -0.25) is 0 Å². The van der Waals surface area contributed by atoms with E-state index in [1.807, 2.05) is 51.1 Å². The summed E-state index contributed by atoms with van der Waals surface area (Å²) in [4.78, 5) is 11.8. The quantitative estimate of drug-likeness (QED) is 0.769. The molecule has 0 saturated carbocycles. The molecule has 0 fully saturated rings. The molecule has 4 heteroatoms. The van der Waals surface area contributed by atoms with Gasteiger partial charge in [0.15, 0.2) is 0 Å². The molecule has 0 unspecified atom stereocenters. The van der Waals surface area contributed by atoms with Crippen LogP contribution in [0.1, 0.15) is 27.2 Å². The Kier molecular flexibility index (Phi) is 5.16. The highest BCUT2D eigenvalue weighted by Crippen LogP contribution is 2.21. The molecule has 100 valence electrons. The monoisotopic (exact) mass is 250 g/mol. The Bertz CT molecular complexity index is 371. The third-order valence-electron chi connectivity index (χ3n) is 2.80. The molecule has 0 bridgehead atoms. The number of benzene rings is 1. The van der Waals surface area contributed by atoms with Gasteiger partial charge in [-0.15, -0.1) is 0 Å². The normalized spacial score (nSPS) is 12.9. The zero-order valence-electron chi connectivity index (χ0n) is 11.2. The summed E-state index contributed by atoms with van der Waals surface area (Å²) >= 11 is 0. The molecule has 0 heterocycles. The Hall–Kier alpha value is -1.55. The molecule has 0 aliphatic carbocycles. The van der Waals surface area contributed by atoms with Crippen LogP contribution >= 0.6 is 0 Å². The van der Waals surface area contributed by atoms with E-state index in [9.17, 15) is 4.79 Å². The Morgan fingerprint density at radius 1 is 1.28 bits per heavy atom. The van der Waals surface area contributed by atoms with Crippen LogP contribution < -0.4 is 10.6 Å². The summed E-state index contributed by atoms with van der Waals surface area (Å²) in [6.45, 7) is 6.18. The second-order valence-electron chi connectivity index (χ2n) is 5.40. The van der Waals surface area contributed by atoms with Crippen molar-refractivity contribution in [1.29, 1.82) is 0 Å². The Morgan fingerprint density at radius 2 is 1.89 bits per heavy atom. The van der Waals surface area contributed by atoms with Gasteiger partial charge in [-0.1, -0.05) is 39.0 Å². The van der Waals surface area contributed by atoms with E-state index in [1.165, 1.54) is 0 Å². The molecule has 0 radical (unpaired) electrons. The van der Waals surface area contributed by atoms with E-state index in [0.717, 1.165) is 5.69 Å². The first-order valence-corrected chi connectivity index (χ1v) is 6.17. The van der Waals surface area contributed by atoms with Crippen LogP contribution in [-0.2, 0) is 0 Å². The van der Waals surface area contributed by atoms with Gasteiger partial charge in [0.1, 0.15) is 0 Å². The summed E-state index contributed by atoms with van der Waals surface area (Å²) in [6, 6.07) is 8.98. The van der Waals surface area contributed by atoms with Gasteiger partial charge in [0.2, 0.25) is 0 Å². The number of aliphatic hydroxyl groups is 1. The van der Waals surface area contributed by atoms with Gasteiger partial charge in [0.25, 0.3) is 0 Å². The second-order valence-corrected chi connectivity index (χ2v) is 5.40. The minimum absolute atomic E-state index is 0.0630. The number of carbonyl (C=O) groups is 1. The molecule has 1 aromatic carbocycles. The largest absolute Gasteiger partial charge is 0.396 e. The van der Waals surface area contributed by atoms with Crippen molar-refractivity contribution in [2.24, 2.45) is 5.41 Å². The molecule has 1 atom stereocenters. The van der Waals surface area contributed by atoms with Crippen molar-refractivity contribution in [3.05, 3.63) is 30.3 Å². The van der Waals surface area contributed by atoms with Crippen LogP contribution in [0.5, 0.6) is 0 Å². The summed E-state index contributed by atoms with van der Waals surface area (Å²) < 4.78 is 0. The van der Waals surface area contributed by atoms with Gasteiger partial charge >= 0.3 is 6.03 Å². The van der Waals surface area contributed by atoms with Crippen molar-refractivity contribution < 1.29 is 9.90 Å². The van der Waals surface area contributed by atoms with E-state index in [0.29, 0.717) is 6.42 Å². The lowest BCUT2D eigenvalue weighted by atomic mass is 9.85. The SMILES string of the molecule is CC(C)(C)[C@@H](CCO)NC(=O)Nc1ccccc1. The van der Waals surface area contributed by atoms with Crippen LogP contribution in [0.2, 0.25) is 0 Å². The van der Waals surface area contributed by atoms with Crippen molar-refractivity contribution >= 4 is 11.7 Å². The molecular weight excluding hydrogens is 228 g/mol. The Labute approximate surface area is 108 Å². The lowest BCUT2D eigenvalue weighted by molar-refractivity contribution is 0.194. The van der Waals surface area contributed by atoms with Crippen LogP contribution in [-0.4, -0.2) is 23.8 Å². The maximum absolute atomic E-state index is 11.8. The topological polar surface area (TPSA) is 61.4 Å². The van der Waals surface area contributed by atoms with Gasteiger partial charge in [-0.05, 0) is 24.0 Å². The highest BCUT2D eigenvalue weighted by Gasteiger charge is 2.25. The van der Waals surface area contributed by atoms with E-state index < -0.39 is 0 Å². The smallest absolute Gasteiger partial charge is 0.319 e. The number of anilines is 1. The van der Waals surface area contributed by atoms with E-state index in [-0.39, 0.29) is 24.1 Å². The molecule has 1 rings (SSSR count). The summed E-state index contributed by atoms with van der Waals surface area (Å²) in [6.07, 6.45) is 0.547. The summed E-state index contributed by atoms with van der Waals surface area (Å²) in [5.41, 5.74) is 0.670. The fraction of sp³-hybridized carbons (Fsp3) is 0.500. The van der Waals surface area contributed by atoms with Crippen molar-refractivity contribution in [3.8, 4) is 0 Å². The average molecular weight is 250 g/mol. The molecule has 0 aliphatic rings. The van der Waals surface area contributed by atoms with E-state index in [1.54, 1.807) is 0 Å². The van der Waals surface area contributed by atoms with Gasteiger partial charge in [-0.2, -0.15) is 0 Å². The summed E-state index contributed by atoms with van der Waals surface area (Å²) in [5.74, 6) is 0. The molecule has 4 nitrogen and oxygen atoms in total. The van der Waals surface area contributed by atoms with Gasteiger partial charge in [0, 0.05) is 18.3 Å². The number of aliphatic hydroxyl groups excluding tert-OH is 1. The fourth-order valence-electron chi connectivity index (χ4n) is 1.70. The minimum Gasteiger partial charge on any atom is -0.396 e. The number of hydrogen-bond donors (Lipinski definition) is 3. The Morgan fingerprint density at radius 3 is 2.39 bits per heavy atom. The third kappa shape index (κ3) is 4.75. The van der Waals surface area contributed by atoms with Crippen molar-refractivity contribution in [2.75, 3.05) is 11.9 Å². The highest BCUT2D eigenvalue weighted by atomic mass is 16.3. The number of urea groups is 1. The molecule has 3 N–H and O–H groups in total. The first-order valence-electron chi connectivity index (χ1n) is 6.17. The first-order chi connectivity index (χ1) is 8.43. The lowest BCUT2D eigenvalue weighted by Crippen LogP contribution is -2.46. The predicted octanol–water partition coefficient (Wildman–Crippen LogP) is 2.61. The van der Waals surface area contributed by atoms with Crippen molar-refractivity contribution in [2.45, 2.75) is 33.2 Å². The third-order valence-corrected chi connectivity index (χ3v) is 2.80. The zero-order valence-corrected chi connectivity index (χ0v) is 11.2. The van der Waals surface area contributed by atoms with E-state index in [2.05, 4.69) is 10.6 Å². The summed E-state index contributed by atoms with van der Waals surface area (Å²) in [5, 5.41) is 14.7. The minimum atomic E-state index is -0.241. The number of amides is 2. The fourth-order valence-corrected chi connectivity index (χ4v) is 1.70. The zero-order chi connectivity index (χ0) is 13.6. The molecule has 1 aromatic rings. The molecule has 0 spiro atoms. The van der Waals surface area contributed by atoms with Crippen molar-refractivity contribution in [3.63, 3.8) is 0 Å². The van der Waals surface area contributed by atoms with Gasteiger partial charge in [0.05, 0.1) is 0 Å².